The number of hydrogen-bond acceptors (Lipinski definition) is 6. The lowest BCUT2D eigenvalue weighted by Gasteiger charge is -2.23. The average molecular weight is 485 g/mol. The first-order valence-electron chi connectivity index (χ1n) is 11.9. The van der Waals surface area contributed by atoms with E-state index in [1.807, 2.05) is 18.2 Å². The van der Waals surface area contributed by atoms with Crippen molar-refractivity contribution >= 4 is 34.1 Å². The van der Waals surface area contributed by atoms with Gasteiger partial charge in [-0.2, -0.15) is 0 Å². The Kier molecular flexibility index (Phi) is 5.32. The molecule has 0 spiro atoms. The molecule has 4 N–H and O–H groups in total. The average Bonchev–Trinajstić information content (AvgIpc) is 3.25. The topological polar surface area (TPSA) is 104 Å². The molecule has 4 bridgehead atoms. The molecule has 0 saturated heterocycles. The van der Waals surface area contributed by atoms with Crippen LogP contribution in [0.2, 0.25) is 0 Å². The summed E-state index contributed by atoms with van der Waals surface area (Å²) < 4.78 is 19.9. The van der Waals surface area contributed by atoms with Crippen LogP contribution in [-0.4, -0.2) is 40.6 Å². The molecule has 0 aliphatic carbocycles. The van der Waals surface area contributed by atoms with Gasteiger partial charge < -0.3 is 25.7 Å². The Morgan fingerprint density at radius 2 is 2.08 bits per heavy atom. The molecule has 2 aliphatic heterocycles. The number of para-hydroxylation sites is 1. The zero-order valence-corrected chi connectivity index (χ0v) is 19.9. The summed E-state index contributed by atoms with van der Waals surface area (Å²) in [5.74, 6) is 0.146. The highest BCUT2D eigenvalue weighted by Crippen LogP contribution is 2.43. The predicted molar refractivity (Wildman–Crippen MR) is 137 cm³/mol. The number of benzene rings is 1. The van der Waals surface area contributed by atoms with E-state index in [-0.39, 0.29) is 23.6 Å². The quantitative estimate of drug-likeness (QED) is 0.302. The highest BCUT2D eigenvalue weighted by atomic mass is 19.1. The number of aromatic amines is 1. The van der Waals surface area contributed by atoms with Gasteiger partial charge >= 0.3 is 0 Å². The second-order valence-electron chi connectivity index (χ2n) is 9.04. The first-order valence-corrected chi connectivity index (χ1v) is 11.9. The monoisotopic (exact) mass is 484 g/mol. The van der Waals surface area contributed by atoms with Gasteiger partial charge in [-0.3, -0.25) is 9.78 Å². The van der Waals surface area contributed by atoms with Crippen molar-refractivity contribution in [2.45, 2.75) is 25.3 Å². The van der Waals surface area contributed by atoms with Crippen LogP contribution in [-0.2, 0) is 0 Å². The van der Waals surface area contributed by atoms with Gasteiger partial charge in [0.05, 0.1) is 35.3 Å². The third kappa shape index (κ3) is 3.64. The molecule has 0 saturated carbocycles. The van der Waals surface area contributed by atoms with Crippen molar-refractivity contribution in [2.75, 3.05) is 24.3 Å². The van der Waals surface area contributed by atoms with Crippen LogP contribution >= 0.6 is 0 Å². The first-order chi connectivity index (χ1) is 17.5. The molecular weight excluding hydrogens is 459 g/mol. The number of halogens is 1. The Hall–Kier alpha value is -4.40. The normalized spacial score (nSPS) is 19.5. The molecular formula is C27H25FN6O2. The molecule has 1 amide bonds. The lowest BCUT2D eigenvalue weighted by atomic mass is 9.93. The third-order valence-electron chi connectivity index (χ3n) is 6.68. The van der Waals surface area contributed by atoms with Crippen molar-refractivity contribution < 1.29 is 13.9 Å². The zero-order valence-electron chi connectivity index (χ0n) is 19.9. The fourth-order valence-electron chi connectivity index (χ4n) is 4.98. The summed E-state index contributed by atoms with van der Waals surface area (Å²) in [5, 5.41) is 9.76. The van der Waals surface area contributed by atoms with Crippen LogP contribution in [0.1, 0.15) is 35.3 Å². The van der Waals surface area contributed by atoms with Gasteiger partial charge in [0.15, 0.2) is 11.6 Å². The van der Waals surface area contributed by atoms with Crippen LogP contribution in [0.25, 0.3) is 22.3 Å². The number of pyridine rings is 2. The van der Waals surface area contributed by atoms with Crippen molar-refractivity contribution in [3.63, 3.8) is 0 Å². The van der Waals surface area contributed by atoms with Gasteiger partial charge in [0.25, 0.3) is 5.91 Å². The Bertz CT molecular complexity index is 1530. The second-order valence-corrected chi connectivity index (χ2v) is 9.04. The van der Waals surface area contributed by atoms with Crippen LogP contribution in [0.15, 0.2) is 54.7 Å². The van der Waals surface area contributed by atoms with Crippen molar-refractivity contribution in [1.29, 1.82) is 0 Å². The predicted octanol–water partition coefficient (Wildman–Crippen LogP) is 5.10. The van der Waals surface area contributed by atoms with E-state index in [9.17, 15) is 9.18 Å². The Morgan fingerprint density at radius 1 is 1.19 bits per heavy atom. The van der Waals surface area contributed by atoms with Gasteiger partial charge in [0.2, 0.25) is 0 Å². The van der Waals surface area contributed by atoms with Gasteiger partial charge in [-0.25, -0.2) is 9.37 Å². The molecule has 8 nitrogen and oxygen atoms in total. The number of amides is 1. The van der Waals surface area contributed by atoms with Crippen LogP contribution in [0.4, 0.5) is 21.6 Å². The van der Waals surface area contributed by atoms with Crippen LogP contribution in [0.3, 0.4) is 0 Å². The number of carbonyl (C=O) groups is 1. The Morgan fingerprint density at radius 3 is 2.94 bits per heavy atom. The van der Waals surface area contributed by atoms with Gasteiger partial charge in [-0.1, -0.05) is 18.2 Å². The molecule has 6 rings (SSSR count). The van der Waals surface area contributed by atoms with E-state index in [4.69, 9.17) is 9.72 Å². The second kappa shape index (κ2) is 8.67. The molecule has 2 aliphatic rings. The number of nitrogens with zero attached hydrogens (tertiary/aromatic N) is 2. The van der Waals surface area contributed by atoms with Gasteiger partial charge in [0, 0.05) is 36.0 Å². The van der Waals surface area contributed by atoms with E-state index in [0.717, 1.165) is 29.0 Å². The van der Waals surface area contributed by atoms with Gasteiger partial charge in [0.1, 0.15) is 11.3 Å². The molecule has 9 heteroatoms. The summed E-state index contributed by atoms with van der Waals surface area (Å²) in [6.07, 6.45) is 6.68. The summed E-state index contributed by atoms with van der Waals surface area (Å²) in [4.78, 5) is 26.1. The Labute approximate surface area is 207 Å². The number of rotatable bonds is 3. The number of H-pyrrole nitrogens is 1. The molecule has 5 heterocycles. The molecule has 0 fully saturated rings. The van der Waals surface area contributed by atoms with Crippen molar-refractivity contribution in [1.82, 2.24) is 20.3 Å². The number of carbonyl (C=O) groups excluding carboxylic acids is 1. The van der Waals surface area contributed by atoms with Crippen LogP contribution in [0, 0.1) is 5.82 Å². The SMILES string of the molecule is COc1c(F)cccc1Nc1c2[nH]c3c1C(=O)NCC3C/C=C\C(C)Nc1ccc3nccc-2c3n1. The van der Waals surface area contributed by atoms with Crippen LogP contribution in [0.5, 0.6) is 5.75 Å². The van der Waals surface area contributed by atoms with Crippen molar-refractivity contribution in [3.05, 3.63) is 71.8 Å². The lowest BCUT2D eigenvalue weighted by Crippen LogP contribution is -2.34. The van der Waals surface area contributed by atoms with Crippen molar-refractivity contribution in [2.24, 2.45) is 0 Å². The number of hydrogen-bond donors (Lipinski definition) is 4. The number of ether oxygens (including phenoxy) is 1. The molecule has 182 valence electrons. The highest BCUT2D eigenvalue weighted by Gasteiger charge is 2.33. The van der Waals surface area contributed by atoms with E-state index in [0.29, 0.717) is 34.7 Å². The molecule has 4 aromatic rings. The number of nitrogens with one attached hydrogen (secondary N) is 4. The summed E-state index contributed by atoms with van der Waals surface area (Å²) in [6.45, 7) is 2.58. The third-order valence-corrected chi connectivity index (χ3v) is 6.68. The fraction of sp³-hybridized carbons (Fsp3) is 0.222. The molecule has 2 atom stereocenters. The molecule has 1 aromatic carbocycles. The van der Waals surface area contributed by atoms with Gasteiger partial charge in [-0.05, 0) is 43.7 Å². The smallest absolute Gasteiger partial charge is 0.255 e. The number of aromatic nitrogens is 3. The van der Waals surface area contributed by atoms with Gasteiger partial charge in [-0.15, -0.1) is 0 Å². The van der Waals surface area contributed by atoms with E-state index >= 15 is 0 Å². The summed E-state index contributed by atoms with van der Waals surface area (Å²) in [5.41, 5.74) is 5.16. The van der Waals surface area contributed by atoms with E-state index in [1.54, 1.807) is 18.3 Å². The minimum absolute atomic E-state index is 0.0407. The first kappa shape index (κ1) is 22.1. The standard InChI is InChI=1S/C27H25FN6O2/c1-14-5-3-6-15-13-30-27(35)21-22(15)34-24(25(21)32-19-8-4-7-17(28)26(19)36-2)16-11-12-29-18-9-10-20(31-14)33-23(16)18/h3-5,7-12,14-15,32,34H,6,13H2,1-2H3,(H,30,35)(H,31,33)/b5-3-. The van der Waals surface area contributed by atoms with Crippen molar-refractivity contribution in [3.8, 4) is 17.0 Å². The summed E-state index contributed by atoms with van der Waals surface area (Å²) in [6, 6.07) is 10.4. The maximum absolute atomic E-state index is 14.5. The highest BCUT2D eigenvalue weighted by molar-refractivity contribution is 6.08. The summed E-state index contributed by atoms with van der Waals surface area (Å²) in [7, 11) is 1.42. The van der Waals surface area contributed by atoms with E-state index in [2.05, 4.69) is 45.0 Å². The lowest BCUT2D eigenvalue weighted by molar-refractivity contribution is 0.0941. The number of anilines is 3. The number of methoxy groups -OCH3 is 1. The molecule has 2 unspecified atom stereocenters. The zero-order chi connectivity index (χ0) is 24.8. The molecule has 0 radical (unpaired) electrons. The van der Waals surface area contributed by atoms with Crippen LogP contribution < -0.4 is 20.7 Å². The fourth-order valence-corrected chi connectivity index (χ4v) is 4.98. The number of allylic oxidation sites excluding steroid dienone is 1. The summed E-state index contributed by atoms with van der Waals surface area (Å²) >= 11 is 0. The maximum Gasteiger partial charge on any atom is 0.255 e. The molecule has 36 heavy (non-hydrogen) atoms. The largest absolute Gasteiger partial charge is 0.492 e. The van der Waals surface area contributed by atoms with E-state index in [1.165, 1.54) is 13.2 Å². The minimum atomic E-state index is -0.496. The Balaban J connectivity index is 1.64. The maximum atomic E-state index is 14.5. The van der Waals surface area contributed by atoms with E-state index < -0.39 is 5.82 Å². The number of fused-ring (bicyclic) bond motifs is 3. The molecule has 3 aromatic heterocycles. The minimum Gasteiger partial charge on any atom is -0.492 e.